The van der Waals surface area contributed by atoms with Crippen LogP contribution in [0.15, 0.2) is 31.8 Å². The second-order valence-electron chi connectivity index (χ2n) is 2.90. The van der Waals surface area contributed by atoms with Gasteiger partial charge >= 0.3 is 0 Å². The van der Waals surface area contributed by atoms with Crippen LogP contribution in [-0.2, 0) is 0 Å². The molecule has 1 heterocycles. The highest BCUT2D eigenvalue weighted by Crippen LogP contribution is 2.36. The molecule has 0 aliphatic heterocycles. The minimum absolute atomic E-state index is 0.557. The van der Waals surface area contributed by atoms with Crippen molar-refractivity contribution in [3.63, 3.8) is 0 Å². The van der Waals surface area contributed by atoms with Crippen LogP contribution in [-0.4, -0.2) is 16.5 Å². The fourth-order valence-corrected chi connectivity index (χ4v) is 3.76. The van der Waals surface area contributed by atoms with Crippen molar-refractivity contribution in [3.8, 4) is 6.07 Å². The predicted molar refractivity (Wildman–Crippen MR) is 72.0 cm³/mol. The average molecular weight is 300 g/mol. The van der Waals surface area contributed by atoms with Crippen molar-refractivity contribution in [3.05, 3.63) is 28.8 Å². The number of nitriles is 1. The van der Waals surface area contributed by atoms with Gasteiger partial charge in [0.15, 0.2) is 8.68 Å². The van der Waals surface area contributed by atoms with E-state index in [0.29, 0.717) is 10.6 Å². The van der Waals surface area contributed by atoms with Crippen molar-refractivity contribution in [2.45, 2.75) is 13.6 Å². The Morgan fingerprint density at radius 2 is 2.12 bits per heavy atom. The zero-order chi connectivity index (χ0) is 12.3. The molecule has 1 aromatic carbocycles. The van der Waals surface area contributed by atoms with E-state index in [2.05, 4.69) is 10.2 Å². The first-order chi connectivity index (χ1) is 8.22. The lowest BCUT2D eigenvalue weighted by Gasteiger charge is -2.00. The Morgan fingerprint density at radius 1 is 1.35 bits per heavy atom. The molecule has 2 rings (SSSR count). The average Bonchev–Trinajstić information content (AvgIpc) is 2.79. The molecule has 0 unspecified atom stereocenters. The molecule has 1 aromatic heterocycles. The Kier molecular flexibility index (Phi) is 4.29. The minimum atomic E-state index is 0.557. The van der Waals surface area contributed by atoms with E-state index in [4.69, 9.17) is 16.9 Å². The molecule has 0 saturated heterocycles. The second-order valence-corrected chi connectivity index (χ2v) is 6.62. The standard InChI is InChI=1S/C10H6ClN3S3/c1-15-9-13-14-10(17-9)16-8-3-2-6(5-12)4-7(8)11/h2-4H,1H3. The van der Waals surface area contributed by atoms with E-state index in [9.17, 15) is 0 Å². The van der Waals surface area contributed by atoms with Gasteiger partial charge in [0.05, 0.1) is 16.7 Å². The zero-order valence-electron chi connectivity index (χ0n) is 8.68. The number of halogens is 1. The number of nitrogens with zero attached hydrogens (tertiary/aromatic N) is 3. The highest BCUT2D eigenvalue weighted by molar-refractivity contribution is 8.03. The summed E-state index contributed by atoms with van der Waals surface area (Å²) in [6.45, 7) is 0. The van der Waals surface area contributed by atoms with E-state index < -0.39 is 0 Å². The molecule has 0 atom stereocenters. The number of rotatable bonds is 3. The Hall–Kier alpha value is -0.740. The van der Waals surface area contributed by atoms with E-state index in [1.807, 2.05) is 18.4 Å². The molecule has 0 spiro atoms. The van der Waals surface area contributed by atoms with Crippen molar-refractivity contribution in [1.82, 2.24) is 10.2 Å². The van der Waals surface area contributed by atoms with Crippen LogP contribution in [0, 0.1) is 11.3 Å². The quantitative estimate of drug-likeness (QED) is 0.804. The van der Waals surface area contributed by atoms with Crippen LogP contribution in [0.25, 0.3) is 0 Å². The molecular formula is C10H6ClN3S3. The van der Waals surface area contributed by atoms with Crippen molar-refractivity contribution in [2.24, 2.45) is 0 Å². The Bertz CT molecular complexity index is 576. The zero-order valence-corrected chi connectivity index (χ0v) is 11.9. The molecule has 0 amide bonds. The molecule has 0 fully saturated rings. The van der Waals surface area contributed by atoms with Crippen molar-refractivity contribution in [1.29, 1.82) is 5.26 Å². The summed E-state index contributed by atoms with van der Waals surface area (Å²) in [6.07, 6.45) is 1.96. The maximum Gasteiger partial charge on any atom is 0.179 e. The van der Waals surface area contributed by atoms with Crippen LogP contribution in [0.5, 0.6) is 0 Å². The summed E-state index contributed by atoms with van der Waals surface area (Å²) in [7, 11) is 0. The van der Waals surface area contributed by atoms with Gasteiger partial charge < -0.3 is 0 Å². The van der Waals surface area contributed by atoms with Gasteiger partial charge in [0, 0.05) is 4.90 Å². The van der Waals surface area contributed by atoms with Gasteiger partial charge in [-0.2, -0.15) is 5.26 Å². The summed E-state index contributed by atoms with van der Waals surface area (Å²) in [5.41, 5.74) is 0.557. The highest BCUT2D eigenvalue weighted by Gasteiger charge is 2.08. The van der Waals surface area contributed by atoms with Crippen LogP contribution in [0.4, 0.5) is 0 Å². The Balaban J connectivity index is 2.21. The van der Waals surface area contributed by atoms with Gasteiger partial charge in [-0.25, -0.2) is 0 Å². The van der Waals surface area contributed by atoms with Gasteiger partial charge in [-0.05, 0) is 24.5 Å². The molecule has 0 radical (unpaired) electrons. The smallest absolute Gasteiger partial charge is 0.179 e. The molecule has 0 saturated carbocycles. The topological polar surface area (TPSA) is 49.6 Å². The molecule has 86 valence electrons. The number of aromatic nitrogens is 2. The largest absolute Gasteiger partial charge is 0.192 e. The number of hydrogen-bond acceptors (Lipinski definition) is 6. The summed E-state index contributed by atoms with van der Waals surface area (Å²) < 4.78 is 1.78. The van der Waals surface area contributed by atoms with Gasteiger partial charge in [0.1, 0.15) is 0 Å². The van der Waals surface area contributed by atoms with Crippen molar-refractivity contribution < 1.29 is 0 Å². The predicted octanol–water partition coefficient (Wildman–Crippen LogP) is 3.94. The van der Waals surface area contributed by atoms with Gasteiger partial charge in [-0.15, -0.1) is 10.2 Å². The van der Waals surface area contributed by atoms with Crippen LogP contribution in [0.1, 0.15) is 5.56 Å². The van der Waals surface area contributed by atoms with E-state index in [-0.39, 0.29) is 0 Å². The molecule has 0 bridgehead atoms. The lowest BCUT2D eigenvalue weighted by Crippen LogP contribution is -1.78. The maximum atomic E-state index is 8.74. The SMILES string of the molecule is CSc1nnc(Sc2ccc(C#N)cc2Cl)s1. The van der Waals surface area contributed by atoms with E-state index in [0.717, 1.165) is 13.6 Å². The Labute approximate surface area is 116 Å². The summed E-state index contributed by atoms with van der Waals surface area (Å²) in [5, 5.41) is 17.4. The molecule has 7 heteroatoms. The van der Waals surface area contributed by atoms with Crippen LogP contribution >= 0.6 is 46.5 Å². The lowest BCUT2D eigenvalue weighted by atomic mass is 10.2. The normalized spacial score (nSPS) is 10.2. The van der Waals surface area contributed by atoms with Gasteiger partial charge in [0.2, 0.25) is 0 Å². The molecule has 0 N–H and O–H groups in total. The minimum Gasteiger partial charge on any atom is -0.192 e. The molecule has 0 aliphatic rings. The molecule has 3 nitrogen and oxygen atoms in total. The maximum absolute atomic E-state index is 8.74. The monoisotopic (exact) mass is 299 g/mol. The summed E-state index contributed by atoms with van der Waals surface area (Å²) >= 11 is 10.6. The molecule has 17 heavy (non-hydrogen) atoms. The summed E-state index contributed by atoms with van der Waals surface area (Å²) in [5.74, 6) is 0. The van der Waals surface area contributed by atoms with E-state index >= 15 is 0 Å². The van der Waals surface area contributed by atoms with Crippen molar-refractivity contribution in [2.75, 3.05) is 6.26 Å². The first kappa shape index (κ1) is 12.7. The van der Waals surface area contributed by atoms with Crippen molar-refractivity contribution >= 4 is 46.5 Å². The van der Waals surface area contributed by atoms with E-state index in [1.165, 1.54) is 23.1 Å². The summed E-state index contributed by atoms with van der Waals surface area (Å²) in [4.78, 5) is 0.884. The fourth-order valence-electron chi connectivity index (χ4n) is 1.07. The number of hydrogen-bond donors (Lipinski definition) is 0. The highest BCUT2D eigenvalue weighted by atomic mass is 35.5. The van der Waals surface area contributed by atoms with Crippen LogP contribution in [0.3, 0.4) is 0 Å². The summed E-state index contributed by atoms with van der Waals surface area (Å²) in [6, 6.07) is 7.27. The van der Waals surface area contributed by atoms with Gasteiger partial charge in [0.25, 0.3) is 0 Å². The fraction of sp³-hybridized carbons (Fsp3) is 0.100. The third-order valence-corrected chi connectivity index (χ3v) is 5.27. The molecule has 2 aromatic rings. The first-order valence-corrected chi connectivity index (χ1v) is 7.71. The van der Waals surface area contributed by atoms with Gasteiger partial charge in [-0.1, -0.05) is 46.5 Å². The van der Waals surface area contributed by atoms with Crippen LogP contribution < -0.4 is 0 Å². The van der Waals surface area contributed by atoms with Crippen LogP contribution in [0.2, 0.25) is 5.02 Å². The lowest BCUT2D eigenvalue weighted by molar-refractivity contribution is 0.956. The third kappa shape index (κ3) is 3.13. The van der Waals surface area contributed by atoms with E-state index in [1.54, 1.807) is 23.9 Å². The third-order valence-electron chi connectivity index (χ3n) is 1.82. The van der Waals surface area contributed by atoms with Gasteiger partial charge in [-0.3, -0.25) is 0 Å². The Morgan fingerprint density at radius 3 is 2.71 bits per heavy atom. The molecular weight excluding hydrogens is 294 g/mol. The first-order valence-electron chi connectivity index (χ1n) is 4.48. The second kappa shape index (κ2) is 5.74. The number of thioether (sulfide) groups is 1. The number of benzene rings is 1. The molecule has 0 aliphatic carbocycles.